The van der Waals surface area contributed by atoms with Crippen LogP contribution in [0.3, 0.4) is 0 Å². The van der Waals surface area contributed by atoms with Gasteiger partial charge in [0.1, 0.15) is 11.6 Å². The molecule has 1 aromatic carbocycles. The topological polar surface area (TPSA) is 49.9 Å². The summed E-state index contributed by atoms with van der Waals surface area (Å²) in [5.41, 5.74) is -0.388. The summed E-state index contributed by atoms with van der Waals surface area (Å²) in [6.45, 7) is 4.64. The molecule has 0 aromatic heterocycles. The molecule has 2 amide bonds. The number of hydrogen-bond donors (Lipinski definition) is 0. The lowest BCUT2D eigenvalue weighted by Crippen LogP contribution is -2.39. The molecular formula is C18H23FN2O3. The molecule has 0 saturated carbocycles. The van der Waals surface area contributed by atoms with Crippen LogP contribution in [-0.4, -0.2) is 54.4 Å². The summed E-state index contributed by atoms with van der Waals surface area (Å²) >= 11 is 0. The van der Waals surface area contributed by atoms with E-state index in [-0.39, 0.29) is 29.7 Å². The Hall–Kier alpha value is -2.11. The van der Waals surface area contributed by atoms with Crippen LogP contribution in [0.1, 0.15) is 26.2 Å². The molecule has 0 N–H and O–H groups in total. The highest BCUT2D eigenvalue weighted by Gasteiger charge is 2.51. The number of likely N-dealkylation sites (tertiary alicyclic amines) is 2. The van der Waals surface area contributed by atoms with E-state index in [0.717, 1.165) is 32.4 Å². The Morgan fingerprint density at radius 2 is 1.96 bits per heavy atom. The van der Waals surface area contributed by atoms with E-state index in [2.05, 4.69) is 6.92 Å². The average Bonchev–Trinajstić information content (AvgIpc) is 3.14. The zero-order valence-electron chi connectivity index (χ0n) is 14.0. The third-order valence-corrected chi connectivity index (χ3v) is 4.98. The summed E-state index contributed by atoms with van der Waals surface area (Å²) in [4.78, 5) is 28.6. The standard InChI is InChI=1S/C18H23FN2O3/c1-2-9-20-10-7-18(17(20)23)8-11-21(13-18)16(22)12-24-15-5-3-14(19)4-6-15/h3-6H,2,7-13H2,1H3. The minimum atomic E-state index is -0.388. The zero-order chi connectivity index (χ0) is 17.2. The van der Waals surface area contributed by atoms with E-state index >= 15 is 0 Å². The average molecular weight is 334 g/mol. The molecule has 0 aliphatic carbocycles. The third-order valence-electron chi connectivity index (χ3n) is 4.98. The van der Waals surface area contributed by atoms with Gasteiger partial charge in [0.2, 0.25) is 5.91 Å². The molecule has 2 heterocycles. The number of carbonyl (C=O) groups is 2. The van der Waals surface area contributed by atoms with Crippen molar-refractivity contribution < 1.29 is 18.7 Å². The molecule has 1 aromatic rings. The summed E-state index contributed by atoms with van der Waals surface area (Å²) < 4.78 is 18.3. The van der Waals surface area contributed by atoms with E-state index in [0.29, 0.717) is 18.8 Å². The number of carbonyl (C=O) groups excluding carboxylic acids is 2. The third kappa shape index (κ3) is 3.23. The van der Waals surface area contributed by atoms with Crippen LogP contribution in [0.2, 0.25) is 0 Å². The lowest BCUT2D eigenvalue weighted by molar-refractivity contribution is -0.137. The van der Waals surface area contributed by atoms with E-state index in [9.17, 15) is 14.0 Å². The van der Waals surface area contributed by atoms with Crippen LogP contribution in [-0.2, 0) is 9.59 Å². The van der Waals surface area contributed by atoms with E-state index < -0.39 is 0 Å². The van der Waals surface area contributed by atoms with E-state index in [1.54, 1.807) is 4.90 Å². The molecule has 1 atom stereocenters. The number of benzene rings is 1. The van der Waals surface area contributed by atoms with Crippen LogP contribution in [0.5, 0.6) is 5.75 Å². The van der Waals surface area contributed by atoms with Gasteiger partial charge in [-0.1, -0.05) is 6.92 Å². The molecule has 2 fully saturated rings. The van der Waals surface area contributed by atoms with Gasteiger partial charge in [-0.3, -0.25) is 9.59 Å². The number of halogens is 1. The van der Waals surface area contributed by atoms with Crippen LogP contribution in [0.15, 0.2) is 24.3 Å². The van der Waals surface area contributed by atoms with Gasteiger partial charge in [-0.2, -0.15) is 0 Å². The maximum atomic E-state index is 12.9. The Balaban J connectivity index is 1.54. The molecule has 130 valence electrons. The zero-order valence-corrected chi connectivity index (χ0v) is 14.0. The van der Waals surface area contributed by atoms with Gasteiger partial charge in [-0.05, 0) is 43.5 Å². The highest BCUT2D eigenvalue weighted by Crippen LogP contribution is 2.40. The number of ether oxygens (including phenoxy) is 1. The monoisotopic (exact) mass is 334 g/mol. The Morgan fingerprint density at radius 3 is 2.67 bits per heavy atom. The fourth-order valence-corrected chi connectivity index (χ4v) is 3.61. The van der Waals surface area contributed by atoms with Crippen molar-refractivity contribution >= 4 is 11.8 Å². The maximum absolute atomic E-state index is 12.9. The second kappa shape index (κ2) is 6.79. The lowest BCUT2D eigenvalue weighted by Gasteiger charge is -2.23. The van der Waals surface area contributed by atoms with E-state index in [4.69, 9.17) is 4.74 Å². The summed E-state index contributed by atoms with van der Waals surface area (Å²) in [7, 11) is 0. The number of amides is 2. The summed E-state index contributed by atoms with van der Waals surface area (Å²) in [5, 5.41) is 0. The highest BCUT2D eigenvalue weighted by molar-refractivity contribution is 5.87. The Morgan fingerprint density at radius 1 is 1.25 bits per heavy atom. The second-order valence-corrected chi connectivity index (χ2v) is 6.63. The van der Waals surface area contributed by atoms with Gasteiger partial charge in [0.15, 0.2) is 6.61 Å². The molecule has 0 radical (unpaired) electrons. The largest absolute Gasteiger partial charge is 0.484 e. The van der Waals surface area contributed by atoms with Crippen LogP contribution in [0, 0.1) is 11.2 Å². The van der Waals surface area contributed by atoms with Crippen molar-refractivity contribution in [2.45, 2.75) is 26.2 Å². The molecule has 1 spiro atoms. The second-order valence-electron chi connectivity index (χ2n) is 6.63. The minimum absolute atomic E-state index is 0.0887. The Labute approximate surface area is 141 Å². The van der Waals surface area contributed by atoms with Gasteiger partial charge in [-0.15, -0.1) is 0 Å². The number of hydrogen-bond acceptors (Lipinski definition) is 3. The van der Waals surface area contributed by atoms with Crippen molar-refractivity contribution in [1.29, 1.82) is 0 Å². The van der Waals surface area contributed by atoms with Gasteiger partial charge in [-0.25, -0.2) is 4.39 Å². The highest BCUT2D eigenvalue weighted by atomic mass is 19.1. The first kappa shape index (κ1) is 16.7. The molecular weight excluding hydrogens is 311 g/mol. The summed E-state index contributed by atoms with van der Waals surface area (Å²) in [6.07, 6.45) is 2.51. The molecule has 6 heteroatoms. The van der Waals surface area contributed by atoms with Crippen molar-refractivity contribution in [1.82, 2.24) is 9.80 Å². The van der Waals surface area contributed by atoms with Crippen molar-refractivity contribution in [2.24, 2.45) is 5.41 Å². The van der Waals surface area contributed by atoms with Gasteiger partial charge in [0.25, 0.3) is 5.91 Å². The van der Waals surface area contributed by atoms with Crippen molar-refractivity contribution in [3.05, 3.63) is 30.1 Å². The SMILES string of the molecule is CCCN1CCC2(CCN(C(=O)COc3ccc(F)cc3)C2)C1=O. The normalized spacial score (nSPS) is 23.3. The minimum Gasteiger partial charge on any atom is -0.484 e. The Kier molecular flexibility index (Phi) is 4.73. The fraction of sp³-hybridized carbons (Fsp3) is 0.556. The van der Waals surface area contributed by atoms with Crippen LogP contribution >= 0.6 is 0 Å². The fourth-order valence-electron chi connectivity index (χ4n) is 3.61. The number of nitrogens with zero attached hydrogens (tertiary/aromatic N) is 2. The van der Waals surface area contributed by atoms with Gasteiger partial charge in [0, 0.05) is 26.2 Å². The predicted octanol–water partition coefficient (Wildman–Crippen LogP) is 2.07. The summed E-state index contributed by atoms with van der Waals surface area (Å²) in [5.74, 6) is 0.188. The summed E-state index contributed by atoms with van der Waals surface area (Å²) in [6, 6.07) is 5.59. The van der Waals surface area contributed by atoms with E-state index in [1.165, 1.54) is 24.3 Å². The van der Waals surface area contributed by atoms with Crippen LogP contribution < -0.4 is 4.74 Å². The van der Waals surface area contributed by atoms with Crippen molar-refractivity contribution in [3.63, 3.8) is 0 Å². The first-order valence-corrected chi connectivity index (χ1v) is 8.49. The quantitative estimate of drug-likeness (QED) is 0.828. The predicted molar refractivity (Wildman–Crippen MR) is 87.0 cm³/mol. The van der Waals surface area contributed by atoms with Crippen LogP contribution in [0.25, 0.3) is 0 Å². The molecule has 2 saturated heterocycles. The molecule has 3 rings (SSSR count). The first-order valence-electron chi connectivity index (χ1n) is 8.49. The Bertz CT molecular complexity index is 619. The first-order chi connectivity index (χ1) is 11.5. The van der Waals surface area contributed by atoms with Crippen molar-refractivity contribution in [3.8, 4) is 5.75 Å². The molecule has 5 nitrogen and oxygen atoms in total. The molecule has 24 heavy (non-hydrogen) atoms. The van der Waals surface area contributed by atoms with Crippen molar-refractivity contribution in [2.75, 3.05) is 32.8 Å². The molecule has 2 aliphatic heterocycles. The number of rotatable bonds is 5. The van der Waals surface area contributed by atoms with Gasteiger partial charge in [0.05, 0.1) is 5.41 Å². The van der Waals surface area contributed by atoms with Gasteiger partial charge < -0.3 is 14.5 Å². The van der Waals surface area contributed by atoms with Gasteiger partial charge >= 0.3 is 0 Å². The maximum Gasteiger partial charge on any atom is 0.260 e. The van der Waals surface area contributed by atoms with E-state index in [1.807, 2.05) is 4.90 Å². The van der Waals surface area contributed by atoms with Crippen LogP contribution in [0.4, 0.5) is 4.39 Å². The molecule has 0 bridgehead atoms. The smallest absolute Gasteiger partial charge is 0.260 e. The molecule has 2 aliphatic rings. The molecule has 1 unspecified atom stereocenters. The lowest BCUT2D eigenvalue weighted by atomic mass is 9.85.